The highest BCUT2D eigenvalue weighted by Gasteiger charge is 2.22. The van der Waals surface area contributed by atoms with Gasteiger partial charge in [-0.15, -0.1) is 0 Å². The van der Waals surface area contributed by atoms with Gasteiger partial charge in [0.15, 0.2) is 0 Å². The molecule has 1 rings (SSSR count). The van der Waals surface area contributed by atoms with E-state index in [0.717, 1.165) is 25.9 Å². The van der Waals surface area contributed by atoms with Crippen LogP contribution in [0.5, 0.6) is 0 Å². The van der Waals surface area contributed by atoms with E-state index in [1.54, 1.807) is 11.9 Å². The second-order valence-corrected chi connectivity index (χ2v) is 6.05. The zero-order chi connectivity index (χ0) is 17.1. The monoisotopic (exact) mass is 322 g/mol. The van der Waals surface area contributed by atoms with Gasteiger partial charge in [-0.05, 0) is 65.4 Å². The molecule has 0 aromatic carbocycles. The Labute approximate surface area is 134 Å². The van der Waals surface area contributed by atoms with Crippen molar-refractivity contribution in [2.75, 3.05) is 27.2 Å². The van der Waals surface area contributed by atoms with Gasteiger partial charge in [0.1, 0.15) is 5.60 Å². The van der Waals surface area contributed by atoms with Crippen molar-refractivity contribution in [3.8, 4) is 0 Å². The van der Waals surface area contributed by atoms with Gasteiger partial charge in [-0.1, -0.05) is 13.8 Å². The minimum Gasteiger partial charge on any atom is -0.462 e. The van der Waals surface area contributed by atoms with E-state index < -0.39 is 0 Å². The van der Waals surface area contributed by atoms with Crippen LogP contribution in [0.25, 0.3) is 0 Å². The fourth-order valence-electron chi connectivity index (χ4n) is 1.67. The number of likely N-dealkylation sites (tertiary alicyclic amines) is 1. The maximum Gasteiger partial charge on any atom is 0.316 e. The van der Waals surface area contributed by atoms with Gasteiger partial charge in [-0.2, -0.15) is 0 Å². The number of hydrogen-bond acceptors (Lipinski definition) is 4. The van der Waals surface area contributed by atoms with Gasteiger partial charge in [0.05, 0.1) is 0 Å². The summed E-state index contributed by atoms with van der Waals surface area (Å²) in [5.74, 6) is 0. The molecule has 0 spiro atoms. The summed E-state index contributed by atoms with van der Waals surface area (Å²) in [5, 5.41) is -0.343. The largest absolute Gasteiger partial charge is 0.462 e. The van der Waals surface area contributed by atoms with Gasteiger partial charge >= 0.3 is 5.37 Å². The Bertz CT molecular complexity index is 285. The van der Waals surface area contributed by atoms with Crippen molar-refractivity contribution in [3.63, 3.8) is 0 Å². The van der Waals surface area contributed by atoms with E-state index in [1.807, 2.05) is 34.6 Å². The zero-order valence-electron chi connectivity index (χ0n) is 14.5. The highest BCUT2D eigenvalue weighted by Crippen LogP contribution is 2.15. The second kappa shape index (κ2) is 11.8. The third-order valence-electron chi connectivity index (χ3n) is 2.91. The van der Waals surface area contributed by atoms with Gasteiger partial charge in [0.2, 0.25) is 0 Å². The molecule has 1 aliphatic heterocycles. The molecule has 0 saturated carbocycles. The lowest BCUT2D eigenvalue weighted by atomic mass is 10.1. The summed E-state index contributed by atoms with van der Waals surface area (Å²) in [7, 11) is 3.87. The Morgan fingerprint density at radius 1 is 1.29 bits per heavy atom. The van der Waals surface area contributed by atoms with Crippen LogP contribution in [-0.2, 0) is 9.53 Å². The molecular weight excluding hydrogens is 292 g/mol. The number of nitrogens with zero attached hydrogens (tertiary/aromatic N) is 2. The molecule has 5 nitrogen and oxygen atoms in total. The van der Waals surface area contributed by atoms with Gasteiger partial charge in [0, 0.05) is 13.1 Å². The number of ether oxygens (including phenoxy) is 1. The molecule has 1 heterocycles. The molecular formula is C15H31ClN2O3. The molecule has 1 aliphatic rings. The van der Waals surface area contributed by atoms with Crippen molar-refractivity contribution >= 4 is 23.4 Å². The second-order valence-electron chi connectivity index (χ2n) is 5.72. The Balaban J connectivity index is 0. The third-order valence-corrected chi connectivity index (χ3v) is 3.18. The number of halogens is 1. The van der Waals surface area contributed by atoms with Crippen LogP contribution >= 0.6 is 11.6 Å². The topological polar surface area (TPSA) is 49.9 Å². The van der Waals surface area contributed by atoms with Crippen LogP contribution in [0.4, 0.5) is 4.79 Å². The van der Waals surface area contributed by atoms with Crippen molar-refractivity contribution in [2.24, 2.45) is 0 Å². The van der Waals surface area contributed by atoms with Crippen molar-refractivity contribution in [1.29, 1.82) is 0 Å². The lowest BCUT2D eigenvalue weighted by Crippen LogP contribution is -2.42. The lowest BCUT2D eigenvalue weighted by molar-refractivity contribution is -0.138. The molecule has 1 saturated heterocycles. The summed E-state index contributed by atoms with van der Waals surface area (Å²) in [6.45, 7) is 12.0. The first-order valence-corrected chi connectivity index (χ1v) is 7.77. The van der Waals surface area contributed by atoms with E-state index in [9.17, 15) is 9.59 Å². The molecule has 0 aromatic heterocycles. The van der Waals surface area contributed by atoms with Crippen LogP contribution in [0, 0.1) is 0 Å². The van der Waals surface area contributed by atoms with Gasteiger partial charge < -0.3 is 14.5 Å². The Kier molecular flexibility index (Phi) is 12.6. The van der Waals surface area contributed by atoms with Crippen LogP contribution in [0.2, 0.25) is 0 Å². The van der Waals surface area contributed by atoms with Gasteiger partial charge in [-0.25, -0.2) is 0 Å². The van der Waals surface area contributed by atoms with Crippen molar-refractivity contribution in [3.05, 3.63) is 0 Å². The normalized spacial score (nSPS) is 15.8. The standard InChI is InChI=1S/C8H15ClN2O.C5H10O2.C2H6/c1-10-5-3-7(4-6-10)11(2)8(9)12;1-5(2,3)7-4-6;1-2/h7H,3-6H2,1-2H3;4H,1-3H3;1-2H3. The van der Waals surface area contributed by atoms with E-state index in [2.05, 4.69) is 16.7 Å². The summed E-state index contributed by atoms with van der Waals surface area (Å²) in [6, 6.07) is 0.339. The summed E-state index contributed by atoms with van der Waals surface area (Å²) >= 11 is 5.37. The number of carbonyl (C=O) groups excluding carboxylic acids is 2. The summed E-state index contributed by atoms with van der Waals surface area (Å²) < 4.78 is 4.55. The van der Waals surface area contributed by atoms with E-state index in [0.29, 0.717) is 12.5 Å². The quantitative estimate of drug-likeness (QED) is 0.444. The summed E-state index contributed by atoms with van der Waals surface area (Å²) in [5.41, 5.74) is -0.318. The highest BCUT2D eigenvalue weighted by atomic mass is 35.5. The molecule has 1 fully saturated rings. The molecule has 0 bridgehead atoms. The van der Waals surface area contributed by atoms with Crippen molar-refractivity contribution < 1.29 is 14.3 Å². The summed E-state index contributed by atoms with van der Waals surface area (Å²) in [4.78, 5) is 24.3. The first kappa shape index (κ1) is 22.5. The lowest BCUT2D eigenvalue weighted by Gasteiger charge is -2.33. The third kappa shape index (κ3) is 12.6. The van der Waals surface area contributed by atoms with Gasteiger partial charge in [-0.3, -0.25) is 9.59 Å². The SMILES string of the molecule is CC.CC(C)(C)OC=O.CN1CCC(N(C)C(=O)Cl)CC1. The minimum atomic E-state index is -0.343. The van der Waals surface area contributed by atoms with Gasteiger partial charge in [0.25, 0.3) is 6.47 Å². The Morgan fingerprint density at radius 2 is 1.71 bits per heavy atom. The number of amides is 1. The van der Waals surface area contributed by atoms with Crippen molar-refractivity contribution in [1.82, 2.24) is 9.80 Å². The first-order chi connectivity index (χ1) is 9.67. The predicted octanol–water partition coefficient (Wildman–Crippen LogP) is 3.36. The van der Waals surface area contributed by atoms with E-state index in [1.165, 1.54) is 0 Å². The van der Waals surface area contributed by atoms with Crippen LogP contribution in [0.3, 0.4) is 0 Å². The maximum atomic E-state index is 10.8. The summed E-state index contributed by atoms with van der Waals surface area (Å²) in [6.07, 6.45) is 2.07. The molecule has 21 heavy (non-hydrogen) atoms. The first-order valence-electron chi connectivity index (χ1n) is 7.39. The Morgan fingerprint density at radius 3 is 1.95 bits per heavy atom. The van der Waals surface area contributed by atoms with Crippen LogP contribution in [0.15, 0.2) is 0 Å². The number of hydrogen-bond donors (Lipinski definition) is 0. The van der Waals surface area contributed by atoms with Crippen molar-refractivity contribution in [2.45, 2.75) is 59.1 Å². The maximum absolute atomic E-state index is 10.8. The predicted molar refractivity (Wildman–Crippen MR) is 87.8 cm³/mol. The average Bonchev–Trinajstić information content (AvgIpc) is 2.40. The number of rotatable bonds is 2. The van der Waals surface area contributed by atoms with E-state index >= 15 is 0 Å². The Hall–Kier alpha value is -0.810. The zero-order valence-corrected chi connectivity index (χ0v) is 15.2. The average molecular weight is 323 g/mol. The fraction of sp³-hybridized carbons (Fsp3) is 0.867. The molecule has 0 radical (unpaired) electrons. The molecule has 0 atom stereocenters. The van der Waals surface area contributed by atoms with E-state index in [4.69, 9.17) is 11.6 Å². The van der Waals surface area contributed by atoms with Crippen LogP contribution in [-0.4, -0.2) is 60.5 Å². The number of carbonyl (C=O) groups is 2. The number of piperidine rings is 1. The smallest absolute Gasteiger partial charge is 0.316 e. The van der Waals surface area contributed by atoms with Crippen LogP contribution in [0.1, 0.15) is 47.5 Å². The van der Waals surface area contributed by atoms with E-state index in [-0.39, 0.29) is 11.0 Å². The van der Waals surface area contributed by atoms with Crippen LogP contribution < -0.4 is 0 Å². The fourth-order valence-corrected chi connectivity index (χ4v) is 1.81. The highest BCUT2D eigenvalue weighted by molar-refractivity contribution is 6.62. The molecule has 1 amide bonds. The minimum absolute atomic E-state index is 0.318. The molecule has 0 N–H and O–H groups in total. The molecule has 0 aromatic rings. The molecule has 6 heteroatoms. The molecule has 0 aliphatic carbocycles. The molecule has 126 valence electrons. The molecule has 0 unspecified atom stereocenters.